The molecule has 0 spiro atoms. The van der Waals surface area contributed by atoms with E-state index in [-0.39, 0.29) is 18.2 Å². The lowest BCUT2D eigenvalue weighted by atomic mass is 10.0. The molecule has 0 radical (unpaired) electrons. The summed E-state index contributed by atoms with van der Waals surface area (Å²) < 4.78 is 27.5. The van der Waals surface area contributed by atoms with Gasteiger partial charge in [0.1, 0.15) is 11.6 Å². The topological polar surface area (TPSA) is 36.4 Å². The largest absolute Gasteiger partial charge is 0.387 e. The van der Waals surface area contributed by atoms with Crippen molar-refractivity contribution in [3.8, 4) is 0 Å². The first kappa shape index (κ1) is 16.5. The van der Waals surface area contributed by atoms with Crippen LogP contribution in [0.1, 0.15) is 36.6 Å². The standard InChI is InChI=1S/C17H20F2N2O/c1-3-15(12-7-9-20-10-8-12)21(2)11-16(22)17-13(18)5-4-6-14(17)19/h4-10,15-16,22H,3,11H2,1-2H3. The summed E-state index contributed by atoms with van der Waals surface area (Å²) in [6.45, 7) is 2.16. The van der Waals surface area contributed by atoms with Crippen molar-refractivity contribution in [1.82, 2.24) is 9.88 Å². The number of pyridine rings is 1. The molecule has 0 aliphatic heterocycles. The van der Waals surface area contributed by atoms with Gasteiger partial charge in [0.2, 0.25) is 0 Å². The first-order valence-electron chi connectivity index (χ1n) is 7.26. The minimum atomic E-state index is -1.22. The highest BCUT2D eigenvalue weighted by Gasteiger charge is 2.23. The lowest BCUT2D eigenvalue weighted by Crippen LogP contribution is -2.29. The Hall–Kier alpha value is -1.85. The van der Waals surface area contributed by atoms with Gasteiger partial charge < -0.3 is 5.11 Å². The third-order valence-corrected chi connectivity index (χ3v) is 3.80. The molecule has 2 aromatic rings. The van der Waals surface area contributed by atoms with Gasteiger partial charge in [-0.1, -0.05) is 13.0 Å². The highest BCUT2D eigenvalue weighted by atomic mass is 19.1. The predicted molar refractivity (Wildman–Crippen MR) is 81.2 cm³/mol. The summed E-state index contributed by atoms with van der Waals surface area (Å²) in [6.07, 6.45) is 3.01. The van der Waals surface area contributed by atoms with E-state index in [0.717, 1.165) is 24.1 Å². The zero-order valence-electron chi connectivity index (χ0n) is 12.7. The summed E-state index contributed by atoms with van der Waals surface area (Å²) in [4.78, 5) is 5.88. The second kappa shape index (κ2) is 7.42. The van der Waals surface area contributed by atoms with Gasteiger partial charge in [-0.05, 0) is 43.3 Å². The number of hydrogen-bond acceptors (Lipinski definition) is 3. The molecular formula is C17H20F2N2O. The number of hydrogen-bond donors (Lipinski definition) is 1. The third kappa shape index (κ3) is 3.67. The number of rotatable bonds is 6. The van der Waals surface area contributed by atoms with E-state index in [1.165, 1.54) is 6.07 Å². The van der Waals surface area contributed by atoms with Crippen LogP contribution in [0.3, 0.4) is 0 Å². The van der Waals surface area contributed by atoms with Crippen LogP contribution in [-0.2, 0) is 0 Å². The molecule has 1 aromatic carbocycles. The summed E-state index contributed by atoms with van der Waals surface area (Å²) >= 11 is 0. The number of aliphatic hydroxyl groups excluding tert-OH is 1. The summed E-state index contributed by atoms with van der Waals surface area (Å²) in [6, 6.07) is 7.45. The molecule has 0 aliphatic rings. The zero-order valence-corrected chi connectivity index (χ0v) is 12.7. The molecule has 1 N–H and O–H groups in total. The van der Waals surface area contributed by atoms with Crippen molar-refractivity contribution < 1.29 is 13.9 Å². The van der Waals surface area contributed by atoms with E-state index in [1.54, 1.807) is 12.4 Å². The molecule has 22 heavy (non-hydrogen) atoms. The fraction of sp³-hybridized carbons (Fsp3) is 0.353. The van der Waals surface area contributed by atoms with Crippen molar-refractivity contribution in [1.29, 1.82) is 0 Å². The molecule has 5 heteroatoms. The van der Waals surface area contributed by atoms with Crippen LogP contribution in [0.15, 0.2) is 42.7 Å². The highest BCUT2D eigenvalue weighted by molar-refractivity contribution is 5.22. The summed E-state index contributed by atoms with van der Waals surface area (Å²) in [5, 5.41) is 10.2. The molecular weight excluding hydrogens is 286 g/mol. The Morgan fingerprint density at radius 2 is 1.73 bits per heavy atom. The van der Waals surface area contributed by atoms with Gasteiger partial charge in [0.15, 0.2) is 0 Å². The Kier molecular flexibility index (Phi) is 5.57. The minimum absolute atomic E-state index is 0.0486. The molecule has 2 rings (SSSR count). The average molecular weight is 306 g/mol. The molecule has 1 heterocycles. The van der Waals surface area contributed by atoms with Crippen molar-refractivity contribution >= 4 is 0 Å². The van der Waals surface area contributed by atoms with Crippen LogP contribution in [0.4, 0.5) is 8.78 Å². The number of halogens is 2. The molecule has 0 fully saturated rings. The normalized spacial score (nSPS) is 14.1. The summed E-state index contributed by atoms with van der Waals surface area (Å²) in [5.41, 5.74) is 0.778. The van der Waals surface area contributed by atoms with Crippen LogP contribution in [0.5, 0.6) is 0 Å². The Balaban J connectivity index is 2.15. The molecule has 0 aliphatic carbocycles. The fourth-order valence-electron chi connectivity index (χ4n) is 2.71. The van der Waals surface area contributed by atoms with Crippen LogP contribution in [0.25, 0.3) is 0 Å². The molecule has 0 saturated heterocycles. The molecule has 2 unspecified atom stereocenters. The van der Waals surface area contributed by atoms with E-state index < -0.39 is 17.7 Å². The highest BCUT2D eigenvalue weighted by Crippen LogP contribution is 2.27. The van der Waals surface area contributed by atoms with E-state index in [4.69, 9.17) is 0 Å². The van der Waals surface area contributed by atoms with E-state index in [0.29, 0.717) is 0 Å². The molecule has 1 aromatic heterocycles. The molecule has 0 amide bonds. The van der Waals surface area contributed by atoms with Crippen molar-refractivity contribution in [3.63, 3.8) is 0 Å². The maximum absolute atomic E-state index is 13.7. The van der Waals surface area contributed by atoms with Gasteiger partial charge in [0, 0.05) is 25.0 Å². The number of nitrogens with zero attached hydrogens (tertiary/aromatic N) is 2. The van der Waals surface area contributed by atoms with Gasteiger partial charge in [-0.15, -0.1) is 0 Å². The summed E-state index contributed by atoms with van der Waals surface area (Å²) in [5.74, 6) is -1.45. The maximum atomic E-state index is 13.7. The smallest absolute Gasteiger partial charge is 0.131 e. The predicted octanol–water partition coefficient (Wildman–Crippen LogP) is 3.48. The quantitative estimate of drug-likeness (QED) is 0.887. The Bertz CT molecular complexity index is 587. The van der Waals surface area contributed by atoms with Crippen molar-refractivity contribution in [3.05, 3.63) is 65.5 Å². The van der Waals surface area contributed by atoms with Gasteiger partial charge >= 0.3 is 0 Å². The van der Waals surface area contributed by atoms with Crippen LogP contribution in [-0.4, -0.2) is 28.6 Å². The second-order valence-electron chi connectivity index (χ2n) is 5.30. The number of aliphatic hydroxyl groups is 1. The number of benzene rings is 1. The Labute approximate surface area is 129 Å². The van der Waals surface area contributed by atoms with Crippen LogP contribution in [0.2, 0.25) is 0 Å². The molecule has 0 saturated carbocycles. The first-order valence-corrected chi connectivity index (χ1v) is 7.26. The zero-order chi connectivity index (χ0) is 16.1. The fourth-order valence-corrected chi connectivity index (χ4v) is 2.71. The maximum Gasteiger partial charge on any atom is 0.131 e. The molecule has 0 bridgehead atoms. The lowest BCUT2D eigenvalue weighted by molar-refractivity contribution is 0.0969. The van der Waals surface area contributed by atoms with Gasteiger partial charge in [0.25, 0.3) is 0 Å². The van der Waals surface area contributed by atoms with Gasteiger partial charge in [-0.25, -0.2) is 8.78 Å². The molecule has 3 nitrogen and oxygen atoms in total. The number of aromatic nitrogens is 1. The van der Waals surface area contributed by atoms with Gasteiger partial charge in [0.05, 0.1) is 11.7 Å². The average Bonchev–Trinajstić information content (AvgIpc) is 2.48. The Morgan fingerprint density at radius 3 is 2.27 bits per heavy atom. The van der Waals surface area contributed by atoms with Crippen LogP contribution in [0, 0.1) is 11.6 Å². The Morgan fingerprint density at radius 1 is 1.14 bits per heavy atom. The lowest BCUT2D eigenvalue weighted by Gasteiger charge is -2.29. The minimum Gasteiger partial charge on any atom is -0.387 e. The van der Waals surface area contributed by atoms with Crippen LogP contribution >= 0.6 is 0 Å². The molecule has 118 valence electrons. The number of likely N-dealkylation sites (N-methyl/N-ethyl adjacent to an activating group) is 1. The third-order valence-electron chi connectivity index (χ3n) is 3.80. The van der Waals surface area contributed by atoms with E-state index in [2.05, 4.69) is 4.98 Å². The van der Waals surface area contributed by atoms with Crippen molar-refractivity contribution in [2.45, 2.75) is 25.5 Å². The molecule has 2 atom stereocenters. The second-order valence-corrected chi connectivity index (χ2v) is 5.30. The van der Waals surface area contributed by atoms with Crippen LogP contribution < -0.4 is 0 Å². The monoisotopic (exact) mass is 306 g/mol. The van der Waals surface area contributed by atoms with E-state index in [9.17, 15) is 13.9 Å². The SMILES string of the molecule is CCC(c1ccncc1)N(C)CC(O)c1c(F)cccc1F. The summed E-state index contributed by atoms with van der Waals surface area (Å²) in [7, 11) is 1.83. The van der Waals surface area contributed by atoms with E-state index >= 15 is 0 Å². The first-order chi connectivity index (χ1) is 10.5. The van der Waals surface area contributed by atoms with Crippen molar-refractivity contribution in [2.24, 2.45) is 0 Å². The van der Waals surface area contributed by atoms with Crippen molar-refractivity contribution in [2.75, 3.05) is 13.6 Å². The van der Waals surface area contributed by atoms with Gasteiger partial charge in [-0.3, -0.25) is 9.88 Å². The van der Waals surface area contributed by atoms with Gasteiger partial charge in [-0.2, -0.15) is 0 Å². The van der Waals surface area contributed by atoms with E-state index in [1.807, 2.05) is 31.0 Å².